The summed E-state index contributed by atoms with van der Waals surface area (Å²) in [7, 11) is 0. The van der Waals surface area contributed by atoms with E-state index >= 15 is 0 Å². The first kappa shape index (κ1) is 20.7. The number of para-hydroxylation sites is 1. The smallest absolute Gasteiger partial charge is 0.219 e. The Balaban J connectivity index is 1.43. The van der Waals surface area contributed by atoms with E-state index in [2.05, 4.69) is 14.5 Å². The van der Waals surface area contributed by atoms with E-state index in [1.807, 2.05) is 24.3 Å². The number of hydrogen-bond donors (Lipinski definition) is 1. The monoisotopic (exact) mass is 423 g/mol. The number of amides is 1. The van der Waals surface area contributed by atoms with Crippen molar-refractivity contribution in [1.29, 1.82) is 0 Å². The fourth-order valence-electron chi connectivity index (χ4n) is 3.77. The van der Waals surface area contributed by atoms with Crippen LogP contribution >= 0.6 is 0 Å². The number of imidazole rings is 1. The summed E-state index contributed by atoms with van der Waals surface area (Å²) in [5.41, 5.74) is 9.09. The SMILES string of the molecule is CC(=O)N(CCCCn1cnc2c(N)nc3ccccc3c21)Cc1ccc(F)c(F)c1. The van der Waals surface area contributed by atoms with Crippen molar-refractivity contribution in [3.63, 3.8) is 0 Å². The molecule has 0 radical (unpaired) electrons. The molecule has 160 valence electrons. The highest BCUT2D eigenvalue weighted by molar-refractivity contribution is 6.06. The number of aromatic nitrogens is 3. The van der Waals surface area contributed by atoms with Crippen LogP contribution in [0.2, 0.25) is 0 Å². The molecule has 6 nitrogen and oxygen atoms in total. The summed E-state index contributed by atoms with van der Waals surface area (Å²) in [5.74, 6) is -1.51. The minimum atomic E-state index is -0.908. The Morgan fingerprint density at radius 3 is 2.71 bits per heavy atom. The molecule has 0 bridgehead atoms. The Kier molecular flexibility index (Phi) is 5.79. The minimum absolute atomic E-state index is 0.109. The third-order valence-corrected chi connectivity index (χ3v) is 5.36. The number of fused-ring (bicyclic) bond motifs is 3. The lowest BCUT2D eigenvalue weighted by molar-refractivity contribution is -0.129. The van der Waals surface area contributed by atoms with Gasteiger partial charge >= 0.3 is 0 Å². The number of rotatable bonds is 7. The van der Waals surface area contributed by atoms with Crippen LogP contribution in [0, 0.1) is 11.6 Å². The van der Waals surface area contributed by atoms with Gasteiger partial charge < -0.3 is 15.2 Å². The zero-order valence-corrected chi connectivity index (χ0v) is 17.2. The minimum Gasteiger partial charge on any atom is -0.382 e. The van der Waals surface area contributed by atoms with E-state index in [1.165, 1.54) is 13.0 Å². The van der Waals surface area contributed by atoms with Gasteiger partial charge in [0.05, 0.1) is 17.4 Å². The number of anilines is 1. The molecule has 2 N–H and O–H groups in total. The van der Waals surface area contributed by atoms with Gasteiger partial charge in [-0.1, -0.05) is 24.3 Å². The average molecular weight is 423 g/mol. The Morgan fingerprint density at radius 1 is 1.13 bits per heavy atom. The van der Waals surface area contributed by atoms with Gasteiger partial charge in [0.15, 0.2) is 17.5 Å². The topological polar surface area (TPSA) is 77.0 Å². The number of nitrogens with two attached hydrogens (primary N) is 1. The number of halogens is 2. The molecule has 2 heterocycles. The van der Waals surface area contributed by atoms with Gasteiger partial charge in [-0.15, -0.1) is 0 Å². The molecule has 0 fully saturated rings. The van der Waals surface area contributed by atoms with Crippen molar-refractivity contribution in [2.45, 2.75) is 32.9 Å². The van der Waals surface area contributed by atoms with E-state index in [-0.39, 0.29) is 12.5 Å². The fraction of sp³-hybridized carbons (Fsp3) is 0.261. The quantitative estimate of drug-likeness (QED) is 0.450. The summed E-state index contributed by atoms with van der Waals surface area (Å²) in [6.07, 6.45) is 3.32. The first-order chi connectivity index (χ1) is 14.9. The number of pyridine rings is 1. The number of aryl methyl sites for hydroxylation is 1. The van der Waals surface area contributed by atoms with Gasteiger partial charge in [-0.05, 0) is 36.6 Å². The molecule has 0 saturated heterocycles. The van der Waals surface area contributed by atoms with Crippen LogP contribution in [0.3, 0.4) is 0 Å². The Morgan fingerprint density at radius 2 is 1.94 bits per heavy atom. The third-order valence-electron chi connectivity index (χ3n) is 5.36. The second-order valence-electron chi connectivity index (χ2n) is 7.55. The van der Waals surface area contributed by atoms with Crippen LogP contribution in [-0.4, -0.2) is 31.9 Å². The summed E-state index contributed by atoms with van der Waals surface area (Å²) >= 11 is 0. The van der Waals surface area contributed by atoms with Crippen molar-refractivity contribution in [3.8, 4) is 0 Å². The van der Waals surface area contributed by atoms with Crippen molar-refractivity contribution in [2.75, 3.05) is 12.3 Å². The second kappa shape index (κ2) is 8.67. The first-order valence-electron chi connectivity index (χ1n) is 10.1. The van der Waals surface area contributed by atoms with E-state index in [4.69, 9.17) is 5.73 Å². The van der Waals surface area contributed by atoms with Crippen LogP contribution in [0.4, 0.5) is 14.6 Å². The molecule has 2 aromatic carbocycles. The van der Waals surface area contributed by atoms with E-state index in [1.54, 1.807) is 11.2 Å². The van der Waals surface area contributed by atoms with E-state index in [9.17, 15) is 13.6 Å². The number of nitrogen functional groups attached to an aromatic ring is 1. The Bertz CT molecular complexity index is 1250. The second-order valence-corrected chi connectivity index (χ2v) is 7.55. The zero-order chi connectivity index (χ0) is 22.0. The number of hydrogen-bond acceptors (Lipinski definition) is 4. The number of carbonyl (C=O) groups is 1. The standard InChI is InChI=1S/C23H23F2N5O/c1-15(31)29(13-16-8-9-18(24)19(25)12-16)10-4-5-11-30-14-27-21-22(30)17-6-2-3-7-20(17)28-23(21)26/h2-3,6-9,12,14H,4-5,10-11,13H2,1H3,(H2,26,28). The Labute approximate surface area is 178 Å². The summed E-state index contributed by atoms with van der Waals surface area (Å²) in [4.78, 5) is 22.5. The molecule has 0 aliphatic heterocycles. The summed E-state index contributed by atoms with van der Waals surface area (Å²) in [6.45, 7) is 2.95. The van der Waals surface area contributed by atoms with E-state index < -0.39 is 11.6 Å². The lowest BCUT2D eigenvalue weighted by Gasteiger charge is -2.21. The molecule has 0 atom stereocenters. The van der Waals surface area contributed by atoms with Gasteiger partial charge in [0, 0.05) is 31.9 Å². The molecule has 2 aromatic heterocycles. The molecular weight excluding hydrogens is 400 g/mol. The molecule has 31 heavy (non-hydrogen) atoms. The van der Waals surface area contributed by atoms with Gasteiger partial charge in [-0.25, -0.2) is 18.7 Å². The molecule has 0 aliphatic carbocycles. The molecule has 0 saturated carbocycles. The molecule has 8 heteroatoms. The average Bonchev–Trinajstić information content (AvgIpc) is 3.18. The van der Waals surface area contributed by atoms with Crippen LogP contribution in [0.15, 0.2) is 48.8 Å². The van der Waals surface area contributed by atoms with Crippen LogP contribution in [0.1, 0.15) is 25.3 Å². The predicted octanol–water partition coefficient (Wildman–Crippen LogP) is 4.27. The van der Waals surface area contributed by atoms with Crippen molar-refractivity contribution in [3.05, 3.63) is 66.0 Å². The van der Waals surface area contributed by atoms with Gasteiger partial charge in [0.25, 0.3) is 0 Å². The van der Waals surface area contributed by atoms with Gasteiger partial charge in [0.2, 0.25) is 5.91 Å². The lowest BCUT2D eigenvalue weighted by Crippen LogP contribution is -2.29. The molecule has 1 amide bonds. The normalized spacial score (nSPS) is 11.3. The largest absolute Gasteiger partial charge is 0.382 e. The number of benzene rings is 2. The number of unbranched alkanes of at least 4 members (excludes halogenated alkanes) is 1. The van der Waals surface area contributed by atoms with Crippen LogP contribution in [0.5, 0.6) is 0 Å². The van der Waals surface area contributed by atoms with E-state index in [0.717, 1.165) is 41.4 Å². The molecule has 4 aromatic rings. The van der Waals surface area contributed by atoms with Gasteiger partial charge in [-0.2, -0.15) is 0 Å². The van der Waals surface area contributed by atoms with Crippen LogP contribution < -0.4 is 5.73 Å². The van der Waals surface area contributed by atoms with Crippen molar-refractivity contribution in [2.24, 2.45) is 0 Å². The van der Waals surface area contributed by atoms with E-state index in [0.29, 0.717) is 30.0 Å². The molecule has 0 spiro atoms. The lowest BCUT2D eigenvalue weighted by atomic mass is 10.1. The van der Waals surface area contributed by atoms with Crippen LogP contribution in [0.25, 0.3) is 21.9 Å². The summed E-state index contributed by atoms with van der Waals surface area (Å²) in [5, 5.41) is 0.993. The maximum absolute atomic E-state index is 13.5. The molecular formula is C23H23F2N5O. The highest BCUT2D eigenvalue weighted by Gasteiger charge is 2.13. The fourth-order valence-corrected chi connectivity index (χ4v) is 3.77. The Hall–Kier alpha value is -3.55. The van der Waals surface area contributed by atoms with Crippen molar-refractivity contribution in [1.82, 2.24) is 19.4 Å². The predicted molar refractivity (Wildman–Crippen MR) is 116 cm³/mol. The number of carbonyl (C=O) groups excluding carboxylic acids is 1. The molecule has 0 aliphatic rings. The zero-order valence-electron chi connectivity index (χ0n) is 17.2. The van der Waals surface area contributed by atoms with Gasteiger partial charge in [-0.3, -0.25) is 4.79 Å². The first-order valence-corrected chi connectivity index (χ1v) is 10.1. The van der Waals surface area contributed by atoms with Gasteiger partial charge in [0.1, 0.15) is 5.52 Å². The summed E-state index contributed by atoms with van der Waals surface area (Å²) < 4.78 is 28.7. The molecule has 0 unspecified atom stereocenters. The van der Waals surface area contributed by atoms with Crippen LogP contribution in [-0.2, 0) is 17.9 Å². The highest BCUT2D eigenvalue weighted by atomic mass is 19.2. The van der Waals surface area contributed by atoms with Crippen molar-refractivity contribution < 1.29 is 13.6 Å². The summed E-state index contributed by atoms with van der Waals surface area (Å²) in [6, 6.07) is 11.5. The molecule has 4 rings (SSSR count). The maximum Gasteiger partial charge on any atom is 0.219 e. The number of nitrogens with zero attached hydrogens (tertiary/aromatic N) is 4. The maximum atomic E-state index is 13.5. The third kappa shape index (κ3) is 4.33. The van der Waals surface area contributed by atoms with Crippen molar-refractivity contribution >= 4 is 33.7 Å². The highest BCUT2D eigenvalue weighted by Crippen LogP contribution is 2.27.